The summed E-state index contributed by atoms with van der Waals surface area (Å²) in [6.07, 6.45) is 2.64. The smallest absolute Gasteiger partial charge is 0.173 e. The lowest BCUT2D eigenvalue weighted by Crippen LogP contribution is -2.42. The summed E-state index contributed by atoms with van der Waals surface area (Å²) in [6, 6.07) is 19.3. The average Bonchev–Trinajstić information content (AvgIpc) is 3.40. The first-order chi connectivity index (χ1) is 11.1. The highest BCUT2D eigenvalue weighted by molar-refractivity contribution is 7.80. The Morgan fingerprint density at radius 1 is 1.13 bits per heavy atom. The van der Waals surface area contributed by atoms with Crippen molar-refractivity contribution in [3.8, 4) is 0 Å². The summed E-state index contributed by atoms with van der Waals surface area (Å²) in [5, 5.41) is 4.27. The zero-order chi connectivity index (χ0) is 16.2. The molecule has 0 bridgehead atoms. The molecule has 0 unspecified atom stereocenters. The normalized spacial score (nSPS) is 15.0. The highest BCUT2D eigenvalue weighted by atomic mass is 32.1. The van der Waals surface area contributed by atoms with Crippen molar-refractivity contribution in [3.63, 3.8) is 0 Å². The van der Waals surface area contributed by atoms with Crippen molar-refractivity contribution in [2.24, 2.45) is 5.92 Å². The predicted molar refractivity (Wildman–Crippen MR) is 102 cm³/mol. The second-order valence-electron chi connectivity index (χ2n) is 6.44. The van der Waals surface area contributed by atoms with Crippen LogP contribution in [0.1, 0.15) is 30.9 Å². The zero-order valence-corrected chi connectivity index (χ0v) is 14.6. The minimum Gasteiger partial charge on any atom is -0.342 e. The third-order valence-corrected chi connectivity index (χ3v) is 4.98. The molecule has 0 spiro atoms. The van der Waals surface area contributed by atoms with Crippen LogP contribution in [0.5, 0.6) is 0 Å². The van der Waals surface area contributed by atoms with Crippen LogP contribution < -0.4 is 5.32 Å². The number of rotatable bonds is 5. The number of nitrogens with one attached hydrogen (secondary N) is 1. The Hall–Kier alpha value is -1.87. The monoisotopic (exact) mass is 324 g/mol. The number of aryl methyl sites for hydroxylation is 1. The number of benzene rings is 2. The topological polar surface area (TPSA) is 15.3 Å². The van der Waals surface area contributed by atoms with Gasteiger partial charge in [0.2, 0.25) is 0 Å². The molecule has 0 radical (unpaired) electrons. The fourth-order valence-corrected chi connectivity index (χ4v) is 3.25. The van der Waals surface area contributed by atoms with Crippen LogP contribution in [0.2, 0.25) is 0 Å². The quantitative estimate of drug-likeness (QED) is 0.780. The van der Waals surface area contributed by atoms with Crippen molar-refractivity contribution in [2.75, 3.05) is 5.32 Å². The van der Waals surface area contributed by atoms with Crippen LogP contribution in [0.25, 0.3) is 0 Å². The first-order valence-electron chi connectivity index (χ1n) is 8.32. The summed E-state index contributed by atoms with van der Waals surface area (Å²) in [7, 11) is 0. The van der Waals surface area contributed by atoms with E-state index in [9.17, 15) is 0 Å². The molecule has 1 atom stereocenters. The molecule has 1 aliphatic carbocycles. The van der Waals surface area contributed by atoms with E-state index in [0.29, 0.717) is 6.04 Å². The maximum Gasteiger partial charge on any atom is 0.173 e. The van der Waals surface area contributed by atoms with Gasteiger partial charge in [0, 0.05) is 18.3 Å². The van der Waals surface area contributed by atoms with Gasteiger partial charge in [-0.1, -0.05) is 48.5 Å². The second-order valence-corrected chi connectivity index (χ2v) is 6.82. The Labute approximate surface area is 144 Å². The summed E-state index contributed by atoms with van der Waals surface area (Å²) in [6.45, 7) is 5.26. The van der Waals surface area contributed by atoms with E-state index in [1.54, 1.807) is 0 Å². The van der Waals surface area contributed by atoms with Crippen LogP contribution in [-0.2, 0) is 6.54 Å². The van der Waals surface area contributed by atoms with Gasteiger partial charge < -0.3 is 10.2 Å². The second kappa shape index (κ2) is 7.14. The van der Waals surface area contributed by atoms with Gasteiger partial charge in [0.15, 0.2) is 5.11 Å². The molecule has 3 rings (SSSR count). The van der Waals surface area contributed by atoms with E-state index in [1.165, 1.54) is 24.0 Å². The SMILES string of the molecule is Cc1ccccc1NC(=S)N(Cc1ccccc1)[C@H](C)C1CC1. The molecule has 2 aromatic rings. The maximum absolute atomic E-state index is 5.75. The fraction of sp³-hybridized carbons (Fsp3) is 0.350. The van der Waals surface area contributed by atoms with Crippen LogP contribution in [0.4, 0.5) is 5.69 Å². The summed E-state index contributed by atoms with van der Waals surface area (Å²) in [5.41, 5.74) is 3.61. The molecule has 1 aliphatic rings. The molecule has 2 nitrogen and oxygen atoms in total. The Morgan fingerprint density at radius 2 is 1.78 bits per heavy atom. The number of para-hydroxylation sites is 1. The Bertz CT molecular complexity index is 664. The lowest BCUT2D eigenvalue weighted by molar-refractivity contribution is 0.298. The summed E-state index contributed by atoms with van der Waals surface area (Å²) in [4.78, 5) is 2.34. The molecule has 3 heteroatoms. The standard InChI is InChI=1S/C20H24N2S/c1-15-8-6-7-11-19(15)21-20(23)22(16(2)18-12-13-18)14-17-9-4-3-5-10-17/h3-11,16,18H,12-14H2,1-2H3,(H,21,23)/t16-/m1/s1. The van der Waals surface area contributed by atoms with Crippen molar-refractivity contribution in [2.45, 2.75) is 39.3 Å². The van der Waals surface area contributed by atoms with E-state index in [-0.39, 0.29) is 0 Å². The molecule has 1 N–H and O–H groups in total. The van der Waals surface area contributed by atoms with Crippen molar-refractivity contribution in [1.29, 1.82) is 0 Å². The third kappa shape index (κ3) is 4.11. The molecule has 0 aromatic heterocycles. The highest BCUT2D eigenvalue weighted by Gasteiger charge is 2.33. The Morgan fingerprint density at radius 3 is 2.43 bits per heavy atom. The lowest BCUT2D eigenvalue weighted by atomic mass is 10.1. The lowest BCUT2D eigenvalue weighted by Gasteiger charge is -2.32. The van der Waals surface area contributed by atoms with Gasteiger partial charge in [0.1, 0.15) is 0 Å². The first kappa shape index (κ1) is 16.0. The van der Waals surface area contributed by atoms with E-state index in [0.717, 1.165) is 23.3 Å². The van der Waals surface area contributed by atoms with E-state index in [2.05, 4.69) is 72.6 Å². The molecule has 0 heterocycles. The van der Waals surface area contributed by atoms with Gasteiger partial charge >= 0.3 is 0 Å². The minimum atomic E-state index is 0.472. The summed E-state index contributed by atoms with van der Waals surface area (Å²) >= 11 is 5.75. The van der Waals surface area contributed by atoms with Crippen molar-refractivity contribution < 1.29 is 0 Å². The predicted octanol–water partition coefficient (Wildman–Crippen LogP) is 4.99. The maximum atomic E-state index is 5.75. The number of thiocarbonyl (C=S) groups is 1. The number of hydrogen-bond acceptors (Lipinski definition) is 1. The molecule has 2 aromatic carbocycles. The summed E-state index contributed by atoms with van der Waals surface area (Å²) in [5.74, 6) is 0.773. The Kier molecular flexibility index (Phi) is 4.97. The molecule has 0 saturated heterocycles. The average molecular weight is 324 g/mol. The molecular weight excluding hydrogens is 300 g/mol. The first-order valence-corrected chi connectivity index (χ1v) is 8.73. The van der Waals surface area contributed by atoms with Crippen LogP contribution in [0.3, 0.4) is 0 Å². The van der Waals surface area contributed by atoms with E-state index >= 15 is 0 Å². The van der Waals surface area contributed by atoms with Crippen LogP contribution in [0, 0.1) is 12.8 Å². The molecule has 0 aliphatic heterocycles. The van der Waals surface area contributed by atoms with Crippen LogP contribution in [0.15, 0.2) is 54.6 Å². The van der Waals surface area contributed by atoms with Gasteiger partial charge in [0.05, 0.1) is 0 Å². The van der Waals surface area contributed by atoms with Gasteiger partial charge in [-0.15, -0.1) is 0 Å². The van der Waals surface area contributed by atoms with Crippen LogP contribution >= 0.6 is 12.2 Å². The Balaban J connectivity index is 1.77. The number of anilines is 1. The van der Waals surface area contributed by atoms with Gasteiger partial charge in [-0.25, -0.2) is 0 Å². The largest absolute Gasteiger partial charge is 0.342 e. The molecular formula is C20H24N2S. The zero-order valence-electron chi connectivity index (χ0n) is 13.8. The minimum absolute atomic E-state index is 0.472. The molecule has 23 heavy (non-hydrogen) atoms. The third-order valence-electron chi connectivity index (χ3n) is 4.64. The van der Waals surface area contributed by atoms with E-state index in [4.69, 9.17) is 12.2 Å². The van der Waals surface area contributed by atoms with Crippen molar-refractivity contribution >= 4 is 23.0 Å². The number of hydrogen-bond donors (Lipinski definition) is 1. The van der Waals surface area contributed by atoms with Crippen molar-refractivity contribution in [1.82, 2.24) is 4.90 Å². The van der Waals surface area contributed by atoms with Crippen LogP contribution in [-0.4, -0.2) is 16.1 Å². The summed E-state index contributed by atoms with van der Waals surface area (Å²) < 4.78 is 0. The van der Waals surface area contributed by atoms with Gasteiger partial charge in [-0.2, -0.15) is 0 Å². The molecule has 1 fully saturated rings. The molecule has 1 saturated carbocycles. The number of nitrogens with zero attached hydrogens (tertiary/aromatic N) is 1. The van der Waals surface area contributed by atoms with Gasteiger partial charge in [-0.3, -0.25) is 0 Å². The van der Waals surface area contributed by atoms with Gasteiger partial charge in [-0.05, 0) is 62.0 Å². The van der Waals surface area contributed by atoms with E-state index < -0.39 is 0 Å². The molecule has 0 amide bonds. The highest BCUT2D eigenvalue weighted by Crippen LogP contribution is 2.36. The van der Waals surface area contributed by atoms with E-state index in [1.807, 2.05) is 6.07 Å². The van der Waals surface area contributed by atoms with Gasteiger partial charge in [0.25, 0.3) is 0 Å². The van der Waals surface area contributed by atoms with Crippen molar-refractivity contribution in [3.05, 3.63) is 65.7 Å². The molecule has 120 valence electrons. The fourth-order valence-electron chi connectivity index (χ4n) is 2.91.